The summed E-state index contributed by atoms with van der Waals surface area (Å²) in [6.07, 6.45) is 0. The van der Waals surface area contributed by atoms with Gasteiger partial charge in [-0.3, -0.25) is 18.7 Å². The maximum Gasteiger partial charge on any atom is 0.278 e. The number of carbonyl (C=O) groups excluding carboxylic acids is 1. The summed E-state index contributed by atoms with van der Waals surface area (Å²) in [6, 6.07) is 13.8. The van der Waals surface area contributed by atoms with E-state index < -0.39 is 0 Å². The molecule has 0 atom stereocenters. The smallest absolute Gasteiger partial charge is 0.278 e. The van der Waals surface area contributed by atoms with Gasteiger partial charge in [-0.1, -0.05) is 46.9 Å². The van der Waals surface area contributed by atoms with E-state index in [0.717, 1.165) is 16.8 Å². The Morgan fingerprint density at radius 2 is 1.66 bits per heavy atom. The van der Waals surface area contributed by atoms with Crippen molar-refractivity contribution in [1.82, 2.24) is 19.0 Å². The molecule has 6 nitrogen and oxygen atoms in total. The van der Waals surface area contributed by atoms with Gasteiger partial charge in [0, 0.05) is 18.8 Å². The molecule has 182 valence electrons. The second kappa shape index (κ2) is 10.5. The van der Waals surface area contributed by atoms with Gasteiger partial charge >= 0.3 is 0 Å². The van der Waals surface area contributed by atoms with E-state index in [2.05, 4.69) is 19.9 Å². The van der Waals surface area contributed by atoms with E-state index in [4.69, 9.17) is 17.2 Å². The highest BCUT2D eigenvalue weighted by molar-refractivity contribution is 7.99. The Hall–Kier alpha value is -2.75. The second-order valence-electron chi connectivity index (χ2n) is 8.35. The van der Waals surface area contributed by atoms with Crippen molar-refractivity contribution in [3.05, 3.63) is 73.5 Å². The summed E-state index contributed by atoms with van der Waals surface area (Å²) in [7, 11) is 0. The molecule has 4 aromatic rings. The SMILES string of the molecule is CCN(CC)C(=O)CSc1nc2c(sc(=S)n2-c2ccc(C)c(C)c2)c(=O)n1-c1ccc(C)cc1. The first-order valence-corrected chi connectivity index (χ1v) is 13.7. The Labute approximate surface area is 218 Å². The number of aryl methyl sites for hydroxylation is 3. The molecule has 0 fully saturated rings. The highest BCUT2D eigenvalue weighted by Crippen LogP contribution is 2.28. The molecule has 0 aliphatic rings. The maximum absolute atomic E-state index is 13.8. The summed E-state index contributed by atoms with van der Waals surface area (Å²) < 4.78 is 4.51. The van der Waals surface area contributed by atoms with Crippen LogP contribution in [0.2, 0.25) is 0 Å². The van der Waals surface area contributed by atoms with Gasteiger partial charge in [0.2, 0.25) is 5.91 Å². The van der Waals surface area contributed by atoms with Crippen molar-refractivity contribution >= 4 is 51.6 Å². The van der Waals surface area contributed by atoms with E-state index in [9.17, 15) is 9.59 Å². The molecule has 0 aliphatic heterocycles. The van der Waals surface area contributed by atoms with E-state index >= 15 is 0 Å². The Balaban J connectivity index is 1.92. The van der Waals surface area contributed by atoms with Crippen LogP contribution in [0.5, 0.6) is 0 Å². The molecule has 1 amide bonds. The summed E-state index contributed by atoms with van der Waals surface area (Å²) in [6.45, 7) is 11.3. The normalized spacial score (nSPS) is 11.2. The van der Waals surface area contributed by atoms with Crippen LogP contribution in [0.15, 0.2) is 52.4 Å². The Morgan fingerprint density at radius 1 is 1.00 bits per heavy atom. The van der Waals surface area contributed by atoms with Gasteiger partial charge in [0.25, 0.3) is 5.56 Å². The summed E-state index contributed by atoms with van der Waals surface area (Å²) in [5, 5.41) is 0.470. The summed E-state index contributed by atoms with van der Waals surface area (Å²) >= 11 is 8.23. The number of hydrogen-bond donors (Lipinski definition) is 0. The first kappa shape index (κ1) is 25.3. The Kier molecular flexibility index (Phi) is 7.59. The van der Waals surface area contributed by atoms with Gasteiger partial charge in [0.15, 0.2) is 14.8 Å². The Morgan fingerprint density at radius 3 is 2.29 bits per heavy atom. The molecule has 0 aliphatic carbocycles. The van der Waals surface area contributed by atoms with Crippen LogP contribution in [0.25, 0.3) is 21.7 Å². The van der Waals surface area contributed by atoms with Gasteiger partial charge in [-0.25, -0.2) is 4.98 Å². The molecule has 0 saturated heterocycles. The van der Waals surface area contributed by atoms with Gasteiger partial charge in [0.1, 0.15) is 4.70 Å². The molecule has 4 rings (SSSR count). The minimum absolute atomic E-state index is 0.0149. The molecular formula is C26H28N4O2S3. The third kappa shape index (κ3) is 4.98. The van der Waals surface area contributed by atoms with Crippen molar-refractivity contribution in [2.75, 3.05) is 18.8 Å². The summed E-state index contributed by atoms with van der Waals surface area (Å²) in [4.78, 5) is 33.3. The highest BCUT2D eigenvalue weighted by atomic mass is 32.2. The Bertz CT molecular complexity index is 1510. The standard InChI is InChI=1S/C26H28N4O2S3/c1-6-28(7-2)21(31)15-34-25-27-23-22(24(32)30(25)19-11-8-16(3)9-12-19)35-26(33)29(23)20-13-10-17(4)18(5)14-20/h8-14H,6-7,15H2,1-5H3. The monoisotopic (exact) mass is 524 g/mol. The number of hydrogen-bond acceptors (Lipinski definition) is 6. The molecule has 35 heavy (non-hydrogen) atoms. The molecular weight excluding hydrogens is 497 g/mol. The predicted octanol–water partition coefficient (Wildman–Crippen LogP) is 5.85. The van der Waals surface area contributed by atoms with Crippen LogP contribution in [0.4, 0.5) is 0 Å². The molecule has 0 N–H and O–H groups in total. The van der Waals surface area contributed by atoms with Crippen molar-refractivity contribution in [1.29, 1.82) is 0 Å². The predicted molar refractivity (Wildman–Crippen MR) is 148 cm³/mol. The highest BCUT2D eigenvalue weighted by Gasteiger charge is 2.21. The minimum atomic E-state index is -0.185. The van der Waals surface area contributed by atoms with Gasteiger partial charge in [-0.05, 0) is 82.2 Å². The number of thiazole rings is 1. The molecule has 2 aromatic heterocycles. The number of rotatable bonds is 7. The lowest BCUT2D eigenvalue weighted by atomic mass is 10.1. The van der Waals surface area contributed by atoms with Crippen molar-refractivity contribution in [2.45, 2.75) is 39.8 Å². The number of fused-ring (bicyclic) bond motifs is 1. The topological polar surface area (TPSA) is 60.1 Å². The second-order valence-corrected chi connectivity index (χ2v) is 10.9. The quantitative estimate of drug-likeness (QED) is 0.172. The molecule has 0 spiro atoms. The van der Waals surface area contributed by atoms with Crippen LogP contribution < -0.4 is 5.56 Å². The van der Waals surface area contributed by atoms with Crippen molar-refractivity contribution in [3.8, 4) is 11.4 Å². The maximum atomic E-state index is 13.8. The average Bonchev–Trinajstić information content (AvgIpc) is 3.17. The average molecular weight is 525 g/mol. The van der Waals surface area contributed by atoms with E-state index in [0.29, 0.717) is 38.2 Å². The molecule has 0 radical (unpaired) electrons. The number of aromatic nitrogens is 3. The van der Waals surface area contributed by atoms with Crippen LogP contribution >= 0.6 is 35.3 Å². The zero-order valence-electron chi connectivity index (χ0n) is 20.5. The van der Waals surface area contributed by atoms with Crippen molar-refractivity contribution in [3.63, 3.8) is 0 Å². The molecule has 0 unspecified atom stereocenters. The van der Waals surface area contributed by atoms with Crippen molar-refractivity contribution in [2.24, 2.45) is 0 Å². The van der Waals surface area contributed by atoms with Gasteiger partial charge < -0.3 is 4.90 Å². The fourth-order valence-corrected chi connectivity index (χ4v) is 6.05. The van der Waals surface area contributed by atoms with Gasteiger partial charge in [0.05, 0.1) is 11.4 Å². The molecule has 0 saturated carbocycles. The van der Waals surface area contributed by atoms with E-state index in [1.54, 1.807) is 9.47 Å². The lowest BCUT2D eigenvalue weighted by molar-refractivity contribution is -0.127. The van der Waals surface area contributed by atoms with E-state index in [-0.39, 0.29) is 17.2 Å². The summed E-state index contributed by atoms with van der Waals surface area (Å²) in [5.41, 5.74) is 5.34. The third-order valence-electron chi connectivity index (χ3n) is 6.06. The van der Waals surface area contributed by atoms with Gasteiger partial charge in [-0.2, -0.15) is 0 Å². The number of benzene rings is 2. The lowest BCUT2D eigenvalue weighted by Crippen LogP contribution is -2.32. The zero-order valence-corrected chi connectivity index (χ0v) is 22.9. The summed E-state index contributed by atoms with van der Waals surface area (Å²) in [5.74, 6) is 0.209. The van der Waals surface area contributed by atoms with Crippen molar-refractivity contribution < 1.29 is 4.79 Å². The number of thioether (sulfide) groups is 1. The fraction of sp³-hybridized carbons (Fsp3) is 0.308. The molecule has 2 heterocycles. The van der Waals surface area contributed by atoms with E-state index in [1.165, 1.54) is 28.7 Å². The van der Waals surface area contributed by atoms with Gasteiger partial charge in [-0.15, -0.1) is 0 Å². The van der Waals surface area contributed by atoms with E-state index in [1.807, 2.05) is 61.7 Å². The van der Waals surface area contributed by atoms with Crippen LogP contribution in [-0.4, -0.2) is 43.8 Å². The first-order chi connectivity index (χ1) is 16.7. The lowest BCUT2D eigenvalue weighted by Gasteiger charge is -2.19. The minimum Gasteiger partial charge on any atom is -0.343 e. The fourth-order valence-electron chi connectivity index (χ4n) is 3.84. The largest absolute Gasteiger partial charge is 0.343 e. The zero-order chi connectivity index (χ0) is 25.3. The molecule has 9 heteroatoms. The van der Waals surface area contributed by atoms with Crippen LogP contribution in [-0.2, 0) is 4.79 Å². The number of carbonyl (C=O) groups is 1. The first-order valence-electron chi connectivity index (χ1n) is 11.5. The third-order valence-corrected chi connectivity index (χ3v) is 8.33. The molecule has 2 aromatic carbocycles. The number of nitrogens with zero attached hydrogens (tertiary/aromatic N) is 4. The van der Waals surface area contributed by atoms with Crippen LogP contribution in [0, 0.1) is 24.7 Å². The van der Waals surface area contributed by atoms with Crippen LogP contribution in [0.3, 0.4) is 0 Å². The number of amides is 1. The molecule has 0 bridgehead atoms. The van der Waals surface area contributed by atoms with Crippen LogP contribution in [0.1, 0.15) is 30.5 Å².